The molecule has 0 aliphatic carbocycles. The minimum atomic E-state index is -0.677. The predicted octanol–water partition coefficient (Wildman–Crippen LogP) is -1.34. The number of fused-ring (bicyclic) bond motifs is 1. The smallest absolute Gasteiger partial charge is 0.301 e. The molecule has 0 saturated carbocycles. The maximum Gasteiger partial charge on any atom is 0.301 e. The van der Waals surface area contributed by atoms with Gasteiger partial charge >= 0.3 is 5.56 Å². The van der Waals surface area contributed by atoms with Gasteiger partial charge in [0.15, 0.2) is 11.0 Å². The van der Waals surface area contributed by atoms with Gasteiger partial charge in [-0.1, -0.05) is 0 Å². The number of H-pyrrole nitrogens is 1. The molecule has 0 spiro atoms. The average Bonchev–Trinajstić information content (AvgIpc) is 2.26. The summed E-state index contributed by atoms with van der Waals surface area (Å²) < 4.78 is 0. The standard InChI is InChI=1S/C7H5N5O2/c8-7-11-5(13)3-4(6(14)12-7)10-2-1-9-3/h1-2H,(H3,8,11,12,13,14). The summed E-state index contributed by atoms with van der Waals surface area (Å²) in [7, 11) is 0. The van der Waals surface area contributed by atoms with Gasteiger partial charge in [0, 0.05) is 12.4 Å². The molecule has 0 unspecified atom stereocenters. The first kappa shape index (κ1) is 8.30. The van der Waals surface area contributed by atoms with E-state index in [1.165, 1.54) is 12.4 Å². The highest BCUT2D eigenvalue weighted by Gasteiger charge is 2.04. The molecule has 7 heteroatoms. The summed E-state index contributed by atoms with van der Waals surface area (Å²) in [5, 5.41) is 0. The van der Waals surface area contributed by atoms with E-state index in [0.29, 0.717) is 0 Å². The number of anilines is 1. The lowest BCUT2D eigenvalue weighted by atomic mass is 10.4. The van der Waals surface area contributed by atoms with Gasteiger partial charge in [0.2, 0.25) is 5.95 Å². The van der Waals surface area contributed by atoms with Crippen LogP contribution >= 0.6 is 0 Å². The maximum atomic E-state index is 11.3. The molecule has 2 aromatic heterocycles. The number of hydrogen-bond acceptors (Lipinski definition) is 6. The predicted molar refractivity (Wildman–Crippen MR) is 48.6 cm³/mol. The van der Waals surface area contributed by atoms with E-state index < -0.39 is 11.1 Å². The van der Waals surface area contributed by atoms with Crippen LogP contribution in [0.25, 0.3) is 11.0 Å². The third-order valence-corrected chi connectivity index (χ3v) is 1.58. The van der Waals surface area contributed by atoms with E-state index in [1.807, 2.05) is 0 Å². The molecule has 70 valence electrons. The zero-order chi connectivity index (χ0) is 10.1. The van der Waals surface area contributed by atoms with Crippen LogP contribution < -0.4 is 16.9 Å². The number of nitrogens with zero attached hydrogens (tertiary/aromatic N) is 3. The lowest BCUT2D eigenvalue weighted by Gasteiger charge is -1.83. The fraction of sp³-hybridized carbons (Fsp3) is 0. The van der Waals surface area contributed by atoms with E-state index in [9.17, 15) is 9.59 Å². The van der Waals surface area contributed by atoms with Crippen molar-refractivity contribution in [2.75, 3.05) is 5.73 Å². The van der Waals surface area contributed by atoms with Crippen LogP contribution in [0.3, 0.4) is 0 Å². The van der Waals surface area contributed by atoms with Gasteiger partial charge in [-0.15, -0.1) is 0 Å². The summed E-state index contributed by atoms with van der Waals surface area (Å²) >= 11 is 0. The van der Waals surface area contributed by atoms with Gasteiger partial charge < -0.3 is 5.73 Å². The SMILES string of the molecule is Nc1nc(=O)c2nccnc2c(=O)[nH]1. The van der Waals surface area contributed by atoms with E-state index in [1.54, 1.807) is 0 Å². The van der Waals surface area contributed by atoms with E-state index in [0.717, 1.165) is 0 Å². The van der Waals surface area contributed by atoms with Crippen molar-refractivity contribution in [3.8, 4) is 0 Å². The second-order valence-corrected chi connectivity index (χ2v) is 2.51. The van der Waals surface area contributed by atoms with Crippen LogP contribution in [0.4, 0.5) is 5.95 Å². The van der Waals surface area contributed by atoms with Gasteiger partial charge in [-0.3, -0.25) is 14.6 Å². The van der Waals surface area contributed by atoms with Crippen molar-refractivity contribution in [1.29, 1.82) is 0 Å². The highest BCUT2D eigenvalue weighted by atomic mass is 16.1. The molecule has 2 rings (SSSR count). The zero-order valence-electron chi connectivity index (χ0n) is 6.89. The Bertz CT molecular complexity index is 553. The Labute approximate surface area is 76.7 Å². The molecular weight excluding hydrogens is 186 g/mol. The first-order valence-corrected chi connectivity index (χ1v) is 3.69. The fourth-order valence-electron chi connectivity index (χ4n) is 1.03. The lowest BCUT2D eigenvalue weighted by molar-refractivity contribution is 1.17. The summed E-state index contributed by atoms with van der Waals surface area (Å²) in [5.74, 6) is -0.250. The van der Waals surface area contributed by atoms with Crippen molar-refractivity contribution in [3.05, 3.63) is 33.1 Å². The Morgan fingerprint density at radius 3 is 2.50 bits per heavy atom. The lowest BCUT2D eigenvalue weighted by Crippen LogP contribution is -2.07. The molecule has 14 heavy (non-hydrogen) atoms. The Morgan fingerprint density at radius 1 is 1.14 bits per heavy atom. The summed E-state index contributed by atoms with van der Waals surface area (Å²) in [6, 6.07) is 0. The van der Waals surface area contributed by atoms with Crippen molar-refractivity contribution in [3.63, 3.8) is 0 Å². The number of nitrogens with one attached hydrogen (secondary N) is 1. The molecule has 0 radical (unpaired) electrons. The number of aromatic amines is 1. The molecule has 0 saturated heterocycles. The van der Waals surface area contributed by atoms with Crippen LogP contribution in [0.2, 0.25) is 0 Å². The summed E-state index contributed by atoms with van der Waals surface area (Å²) in [5.41, 5.74) is 3.82. The first-order valence-electron chi connectivity index (χ1n) is 3.69. The van der Waals surface area contributed by atoms with Crippen molar-refractivity contribution in [2.24, 2.45) is 0 Å². The Morgan fingerprint density at radius 2 is 1.79 bits per heavy atom. The van der Waals surface area contributed by atoms with Gasteiger partial charge in [0.05, 0.1) is 0 Å². The number of nitrogen functional groups attached to an aromatic ring is 1. The van der Waals surface area contributed by atoms with Gasteiger partial charge in [-0.05, 0) is 0 Å². The Balaban J connectivity index is 3.18. The summed E-state index contributed by atoms with van der Waals surface area (Å²) in [4.78, 5) is 35.6. The number of nitrogens with two attached hydrogens (primary N) is 1. The number of rotatable bonds is 0. The molecule has 2 aromatic rings. The monoisotopic (exact) mass is 191 g/mol. The van der Waals surface area contributed by atoms with Gasteiger partial charge in [0.1, 0.15) is 0 Å². The molecular formula is C7H5N5O2. The van der Waals surface area contributed by atoms with E-state index in [4.69, 9.17) is 5.73 Å². The molecule has 0 amide bonds. The highest BCUT2D eigenvalue weighted by Crippen LogP contribution is 1.92. The molecule has 3 N–H and O–H groups in total. The van der Waals surface area contributed by atoms with Gasteiger partial charge in [-0.25, -0.2) is 9.97 Å². The van der Waals surface area contributed by atoms with Gasteiger partial charge in [0.25, 0.3) is 5.56 Å². The number of hydrogen-bond donors (Lipinski definition) is 2. The molecule has 0 aliphatic heterocycles. The quantitative estimate of drug-likeness (QED) is 0.532. The minimum Gasteiger partial charge on any atom is -0.369 e. The maximum absolute atomic E-state index is 11.3. The summed E-state index contributed by atoms with van der Waals surface area (Å²) in [6.45, 7) is 0. The molecule has 0 aliphatic rings. The normalized spacial score (nSPS) is 10.3. The Hall–Kier alpha value is -2.31. The zero-order valence-corrected chi connectivity index (χ0v) is 6.89. The van der Waals surface area contributed by atoms with Crippen molar-refractivity contribution >= 4 is 17.0 Å². The number of aromatic nitrogens is 4. The third-order valence-electron chi connectivity index (χ3n) is 1.58. The van der Waals surface area contributed by atoms with Crippen molar-refractivity contribution < 1.29 is 0 Å². The average molecular weight is 191 g/mol. The molecule has 7 nitrogen and oxygen atoms in total. The molecule has 0 aromatic carbocycles. The van der Waals surface area contributed by atoms with Gasteiger partial charge in [-0.2, -0.15) is 4.98 Å². The van der Waals surface area contributed by atoms with Crippen LogP contribution in [0.1, 0.15) is 0 Å². The van der Waals surface area contributed by atoms with Crippen molar-refractivity contribution in [1.82, 2.24) is 19.9 Å². The second-order valence-electron chi connectivity index (χ2n) is 2.51. The van der Waals surface area contributed by atoms with Crippen molar-refractivity contribution in [2.45, 2.75) is 0 Å². The van der Waals surface area contributed by atoms with E-state index in [-0.39, 0.29) is 17.0 Å². The van der Waals surface area contributed by atoms with Crippen LogP contribution in [0.5, 0.6) is 0 Å². The molecule has 2 heterocycles. The largest absolute Gasteiger partial charge is 0.369 e. The fourth-order valence-corrected chi connectivity index (χ4v) is 1.03. The van der Waals surface area contributed by atoms with Crippen LogP contribution in [-0.2, 0) is 0 Å². The first-order chi connectivity index (χ1) is 6.68. The molecule has 0 bridgehead atoms. The van der Waals surface area contributed by atoms with E-state index in [2.05, 4.69) is 19.9 Å². The highest BCUT2D eigenvalue weighted by molar-refractivity contribution is 5.70. The minimum absolute atomic E-state index is 0.0679. The second kappa shape index (κ2) is 2.87. The summed E-state index contributed by atoms with van der Waals surface area (Å²) in [6.07, 6.45) is 2.62. The Kier molecular flexibility index (Phi) is 1.70. The topological polar surface area (TPSA) is 115 Å². The molecule has 0 fully saturated rings. The van der Waals surface area contributed by atoms with E-state index >= 15 is 0 Å². The van der Waals surface area contributed by atoms with Crippen LogP contribution in [0, 0.1) is 0 Å². The van der Waals surface area contributed by atoms with Crippen LogP contribution in [-0.4, -0.2) is 19.9 Å². The third kappa shape index (κ3) is 1.20. The van der Waals surface area contributed by atoms with Crippen LogP contribution in [0.15, 0.2) is 22.0 Å². The molecule has 0 atom stereocenters.